The van der Waals surface area contributed by atoms with Gasteiger partial charge in [-0.3, -0.25) is 9.36 Å². The number of aryl methyl sites for hydroxylation is 1. The number of carbonyl (C=O) groups is 1. The van der Waals surface area contributed by atoms with Gasteiger partial charge >= 0.3 is 0 Å². The lowest BCUT2D eigenvalue weighted by Crippen LogP contribution is -2.22. The molecule has 1 aliphatic carbocycles. The summed E-state index contributed by atoms with van der Waals surface area (Å²) in [7, 11) is 0. The Morgan fingerprint density at radius 3 is 2.68 bits per heavy atom. The van der Waals surface area contributed by atoms with Crippen LogP contribution in [0.25, 0.3) is 11.4 Å². The van der Waals surface area contributed by atoms with E-state index in [1.165, 1.54) is 36.6 Å². The molecule has 1 amide bonds. The van der Waals surface area contributed by atoms with Crippen LogP contribution < -0.4 is 5.43 Å². The largest absolute Gasteiger partial charge is 0.299 e. The zero-order chi connectivity index (χ0) is 21.6. The molecule has 162 valence electrons. The number of carbonyl (C=O) groups excluding carboxylic acids is 1. The van der Waals surface area contributed by atoms with Crippen molar-refractivity contribution in [2.75, 3.05) is 5.75 Å². The average Bonchev–Trinajstić information content (AvgIpc) is 3.47. The molecule has 1 N–H and O–H groups in total. The summed E-state index contributed by atoms with van der Waals surface area (Å²) in [5.41, 5.74) is 5.75. The Kier molecular flexibility index (Phi) is 7.19. The van der Waals surface area contributed by atoms with Crippen LogP contribution in [0.5, 0.6) is 0 Å². The maximum absolute atomic E-state index is 12.4. The summed E-state index contributed by atoms with van der Waals surface area (Å²) in [5, 5.41) is 16.0. The van der Waals surface area contributed by atoms with Gasteiger partial charge in [-0.2, -0.15) is 5.10 Å². The van der Waals surface area contributed by atoms with Gasteiger partial charge in [0, 0.05) is 16.5 Å². The lowest BCUT2D eigenvalue weighted by molar-refractivity contribution is -0.118. The lowest BCUT2D eigenvalue weighted by Gasteiger charge is -2.25. The first-order valence-corrected chi connectivity index (χ1v) is 12.5. The normalized spacial score (nSPS) is 15.2. The van der Waals surface area contributed by atoms with Crippen molar-refractivity contribution >= 4 is 34.7 Å². The monoisotopic (exact) mass is 453 g/mol. The molecule has 1 aromatic carbocycles. The number of hydrogen-bond donors (Lipinski definition) is 1. The van der Waals surface area contributed by atoms with Crippen LogP contribution >= 0.6 is 23.1 Å². The third-order valence-corrected chi connectivity index (χ3v) is 7.39. The minimum absolute atomic E-state index is 0.143. The van der Waals surface area contributed by atoms with Gasteiger partial charge in [0.05, 0.1) is 11.5 Å². The van der Waals surface area contributed by atoms with Gasteiger partial charge in [-0.25, -0.2) is 5.43 Å². The molecule has 0 saturated heterocycles. The molecule has 1 aliphatic rings. The smallest absolute Gasteiger partial charge is 0.250 e. The van der Waals surface area contributed by atoms with Gasteiger partial charge in [-0.05, 0) is 38.1 Å². The Balaban J connectivity index is 1.49. The number of nitrogens with zero attached hydrogens (tertiary/aromatic N) is 4. The summed E-state index contributed by atoms with van der Waals surface area (Å²) in [4.78, 5) is 13.4. The van der Waals surface area contributed by atoms with Crippen LogP contribution in [0, 0.1) is 6.92 Å². The highest BCUT2D eigenvalue weighted by molar-refractivity contribution is 7.99. The number of thiophene rings is 1. The fourth-order valence-electron chi connectivity index (χ4n) is 3.79. The van der Waals surface area contributed by atoms with E-state index in [0.717, 1.165) is 40.0 Å². The maximum atomic E-state index is 12.4. The molecule has 0 bridgehead atoms. The molecule has 8 heteroatoms. The van der Waals surface area contributed by atoms with Crippen LogP contribution in [0.15, 0.2) is 52.0 Å². The summed E-state index contributed by atoms with van der Waals surface area (Å²) in [5.74, 6) is 0.998. The number of aromatic nitrogens is 3. The average molecular weight is 454 g/mol. The molecule has 2 heterocycles. The minimum Gasteiger partial charge on any atom is -0.299 e. The fraction of sp³-hybridized carbons (Fsp3) is 0.391. The third-order valence-electron chi connectivity index (χ3n) is 5.47. The van der Waals surface area contributed by atoms with Gasteiger partial charge in [0.15, 0.2) is 11.0 Å². The molecule has 0 spiro atoms. The van der Waals surface area contributed by atoms with Crippen LogP contribution in [0.1, 0.15) is 55.5 Å². The molecular weight excluding hydrogens is 426 g/mol. The molecular formula is C23H27N5OS2. The summed E-state index contributed by atoms with van der Waals surface area (Å²) in [6, 6.07) is 12.7. The van der Waals surface area contributed by atoms with E-state index in [4.69, 9.17) is 0 Å². The number of nitrogens with one attached hydrogen (secondary N) is 1. The number of hydrazone groups is 1. The van der Waals surface area contributed by atoms with Gasteiger partial charge in [0.2, 0.25) is 0 Å². The van der Waals surface area contributed by atoms with Crippen LogP contribution in [0.2, 0.25) is 0 Å². The van der Waals surface area contributed by atoms with Crippen molar-refractivity contribution in [3.8, 4) is 11.4 Å². The SMILES string of the molecule is CC(=NNC(=O)CSc1nnc(-c2ccc(C)cc2)n1C1CCCCC1)c1cccs1. The van der Waals surface area contributed by atoms with Crippen molar-refractivity contribution < 1.29 is 4.79 Å². The topological polar surface area (TPSA) is 72.2 Å². The summed E-state index contributed by atoms with van der Waals surface area (Å²) >= 11 is 3.03. The van der Waals surface area contributed by atoms with E-state index in [2.05, 4.69) is 56.5 Å². The van der Waals surface area contributed by atoms with E-state index in [-0.39, 0.29) is 11.7 Å². The Morgan fingerprint density at radius 2 is 1.97 bits per heavy atom. The second kappa shape index (κ2) is 10.2. The molecule has 31 heavy (non-hydrogen) atoms. The van der Waals surface area contributed by atoms with E-state index in [1.54, 1.807) is 11.3 Å². The Bertz CT molecular complexity index is 1030. The second-order valence-electron chi connectivity index (χ2n) is 7.83. The van der Waals surface area contributed by atoms with Crippen molar-refractivity contribution in [2.24, 2.45) is 5.10 Å². The van der Waals surface area contributed by atoms with Crippen molar-refractivity contribution in [1.82, 2.24) is 20.2 Å². The van der Waals surface area contributed by atoms with Crippen LogP contribution in [0.3, 0.4) is 0 Å². The number of thioether (sulfide) groups is 1. The number of benzene rings is 1. The number of amides is 1. The van der Waals surface area contributed by atoms with Crippen molar-refractivity contribution in [1.29, 1.82) is 0 Å². The maximum Gasteiger partial charge on any atom is 0.250 e. The summed E-state index contributed by atoms with van der Waals surface area (Å²) in [6.07, 6.45) is 5.97. The Hall–Kier alpha value is -2.45. The van der Waals surface area contributed by atoms with E-state index in [1.807, 2.05) is 24.4 Å². The first-order chi connectivity index (χ1) is 15.1. The Labute approximate surface area is 191 Å². The molecule has 6 nitrogen and oxygen atoms in total. The Morgan fingerprint density at radius 1 is 1.19 bits per heavy atom. The minimum atomic E-state index is -0.143. The van der Waals surface area contributed by atoms with Gasteiger partial charge in [-0.1, -0.05) is 66.9 Å². The molecule has 3 aromatic rings. The first-order valence-electron chi connectivity index (χ1n) is 10.6. The highest BCUT2D eigenvalue weighted by atomic mass is 32.2. The van der Waals surface area contributed by atoms with Crippen molar-refractivity contribution in [2.45, 2.75) is 57.1 Å². The quantitative estimate of drug-likeness (QED) is 0.293. The van der Waals surface area contributed by atoms with Crippen LogP contribution in [-0.2, 0) is 4.79 Å². The zero-order valence-corrected chi connectivity index (χ0v) is 19.5. The molecule has 0 aliphatic heterocycles. The zero-order valence-electron chi connectivity index (χ0n) is 17.9. The fourth-order valence-corrected chi connectivity index (χ4v) is 5.27. The molecule has 2 aromatic heterocycles. The standard InChI is InChI=1S/C23H27N5OS2/c1-16-10-12-18(13-11-16)22-26-27-23(28(22)19-7-4-3-5-8-19)31-15-21(29)25-24-17(2)20-9-6-14-30-20/h6,9-14,19H,3-5,7-8,15H2,1-2H3,(H,25,29). The first kappa shape index (κ1) is 21.8. The molecule has 1 saturated carbocycles. The van der Waals surface area contributed by atoms with Gasteiger partial charge < -0.3 is 0 Å². The highest BCUT2D eigenvalue weighted by Crippen LogP contribution is 2.35. The molecule has 4 rings (SSSR count). The predicted octanol–water partition coefficient (Wildman–Crippen LogP) is 5.45. The highest BCUT2D eigenvalue weighted by Gasteiger charge is 2.24. The van der Waals surface area contributed by atoms with E-state index in [0.29, 0.717) is 6.04 Å². The van der Waals surface area contributed by atoms with Gasteiger partial charge in [0.1, 0.15) is 0 Å². The van der Waals surface area contributed by atoms with E-state index < -0.39 is 0 Å². The van der Waals surface area contributed by atoms with Crippen LogP contribution in [-0.4, -0.2) is 32.1 Å². The lowest BCUT2D eigenvalue weighted by atomic mass is 9.95. The second-order valence-corrected chi connectivity index (χ2v) is 9.72. The van der Waals surface area contributed by atoms with E-state index >= 15 is 0 Å². The van der Waals surface area contributed by atoms with Crippen LogP contribution in [0.4, 0.5) is 0 Å². The molecule has 1 fully saturated rings. The number of hydrogen-bond acceptors (Lipinski definition) is 6. The molecule has 0 atom stereocenters. The summed E-state index contributed by atoms with van der Waals surface area (Å²) < 4.78 is 2.25. The van der Waals surface area contributed by atoms with Gasteiger partial charge in [-0.15, -0.1) is 21.5 Å². The van der Waals surface area contributed by atoms with E-state index in [9.17, 15) is 4.79 Å². The van der Waals surface area contributed by atoms with Crippen molar-refractivity contribution in [3.63, 3.8) is 0 Å². The molecule has 0 unspecified atom stereocenters. The van der Waals surface area contributed by atoms with Gasteiger partial charge in [0.25, 0.3) is 5.91 Å². The number of rotatable bonds is 7. The predicted molar refractivity (Wildman–Crippen MR) is 128 cm³/mol. The van der Waals surface area contributed by atoms with Crippen molar-refractivity contribution in [3.05, 3.63) is 52.2 Å². The third kappa shape index (κ3) is 5.43. The molecule has 0 radical (unpaired) electrons. The summed E-state index contributed by atoms with van der Waals surface area (Å²) in [6.45, 7) is 3.98.